The van der Waals surface area contributed by atoms with Crippen LogP contribution in [0.5, 0.6) is 0 Å². The predicted octanol–water partition coefficient (Wildman–Crippen LogP) is 2.03. The van der Waals surface area contributed by atoms with E-state index in [4.69, 9.17) is 0 Å². The topological polar surface area (TPSA) is 23.5 Å². The van der Waals surface area contributed by atoms with Gasteiger partial charge in [-0.1, -0.05) is 30.3 Å². The highest BCUT2D eigenvalue weighted by Crippen LogP contribution is 2.29. The van der Waals surface area contributed by atoms with Crippen LogP contribution in [0.3, 0.4) is 0 Å². The van der Waals surface area contributed by atoms with Crippen molar-refractivity contribution < 1.29 is 5.11 Å². The number of hydrogen-bond donors (Lipinski definition) is 1. The standard InChI is InChI=1S/C13H19NO/c1-13(2)8-12(15)10-14(13)9-11-6-4-3-5-7-11/h3-7,12,15H,8-10H2,1-2H3. The molecule has 1 aromatic rings. The molecule has 0 bridgehead atoms. The monoisotopic (exact) mass is 205 g/mol. The molecule has 1 aliphatic heterocycles. The fourth-order valence-corrected chi connectivity index (χ4v) is 2.35. The molecule has 1 heterocycles. The van der Waals surface area contributed by atoms with Gasteiger partial charge in [0.2, 0.25) is 0 Å². The molecule has 0 radical (unpaired) electrons. The van der Waals surface area contributed by atoms with Crippen molar-refractivity contribution in [3.05, 3.63) is 35.9 Å². The Hall–Kier alpha value is -0.860. The average molecular weight is 205 g/mol. The molecule has 1 unspecified atom stereocenters. The summed E-state index contributed by atoms with van der Waals surface area (Å²) >= 11 is 0. The summed E-state index contributed by atoms with van der Waals surface area (Å²) in [6, 6.07) is 10.4. The highest BCUT2D eigenvalue weighted by molar-refractivity contribution is 5.15. The van der Waals surface area contributed by atoms with E-state index in [1.54, 1.807) is 0 Å². The van der Waals surface area contributed by atoms with Crippen LogP contribution in [0.2, 0.25) is 0 Å². The smallest absolute Gasteiger partial charge is 0.0684 e. The molecule has 0 saturated carbocycles. The number of β-amino-alcohol motifs (C(OH)–C–C–N with tert-alkyl or cyclic N) is 1. The summed E-state index contributed by atoms with van der Waals surface area (Å²) in [6.45, 7) is 6.13. The second kappa shape index (κ2) is 3.95. The molecule has 2 nitrogen and oxygen atoms in total. The van der Waals surface area contributed by atoms with Gasteiger partial charge in [-0.15, -0.1) is 0 Å². The molecule has 1 saturated heterocycles. The maximum atomic E-state index is 9.67. The zero-order chi connectivity index (χ0) is 10.9. The fraction of sp³-hybridized carbons (Fsp3) is 0.538. The van der Waals surface area contributed by atoms with Gasteiger partial charge in [0.05, 0.1) is 6.10 Å². The van der Waals surface area contributed by atoms with Gasteiger partial charge in [0.15, 0.2) is 0 Å². The van der Waals surface area contributed by atoms with Crippen molar-refractivity contribution in [1.29, 1.82) is 0 Å². The molecule has 1 fully saturated rings. The van der Waals surface area contributed by atoms with E-state index >= 15 is 0 Å². The van der Waals surface area contributed by atoms with E-state index in [2.05, 4.69) is 43.0 Å². The quantitative estimate of drug-likeness (QED) is 0.798. The first-order valence-electron chi connectivity index (χ1n) is 5.55. The largest absolute Gasteiger partial charge is 0.392 e. The van der Waals surface area contributed by atoms with Gasteiger partial charge in [0.25, 0.3) is 0 Å². The minimum absolute atomic E-state index is 0.120. The van der Waals surface area contributed by atoms with Crippen LogP contribution < -0.4 is 0 Å². The van der Waals surface area contributed by atoms with Gasteiger partial charge in [-0.25, -0.2) is 0 Å². The lowest BCUT2D eigenvalue weighted by Crippen LogP contribution is -2.37. The van der Waals surface area contributed by atoms with E-state index in [9.17, 15) is 5.11 Å². The molecule has 0 amide bonds. The molecule has 0 aromatic heterocycles. The summed E-state index contributed by atoms with van der Waals surface area (Å²) in [5, 5.41) is 9.67. The lowest BCUT2D eigenvalue weighted by molar-refractivity contribution is 0.156. The first-order valence-corrected chi connectivity index (χ1v) is 5.55. The van der Waals surface area contributed by atoms with E-state index < -0.39 is 0 Å². The Morgan fingerprint density at radius 1 is 1.33 bits per heavy atom. The molecular weight excluding hydrogens is 186 g/mol. The van der Waals surface area contributed by atoms with Crippen molar-refractivity contribution >= 4 is 0 Å². The van der Waals surface area contributed by atoms with Gasteiger partial charge in [-0.3, -0.25) is 4.90 Å². The van der Waals surface area contributed by atoms with Crippen LogP contribution >= 0.6 is 0 Å². The summed E-state index contributed by atoms with van der Waals surface area (Å²) in [7, 11) is 0. The Balaban J connectivity index is 2.07. The minimum Gasteiger partial charge on any atom is -0.392 e. The molecule has 1 atom stereocenters. The molecule has 1 N–H and O–H groups in total. The lowest BCUT2D eigenvalue weighted by Gasteiger charge is -2.31. The highest BCUT2D eigenvalue weighted by atomic mass is 16.3. The van der Waals surface area contributed by atoms with E-state index in [-0.39, 0.29) is 11.6 Å². The molecule has 15 heavy (non-hydrogen) atoms. The molecule has 2 rings (SSSR count). The summed E-state index contributed by atoms with van der Waals surface area (Å²) in [5.41, 5.74) is 1.44. The van der Waals surface area contributed by atoms with Gasteiger partial charge in [-0.2, -0.15) is 0 Å². The van der Waals surface area contributed by atoms with Crippen molar-refractivity contribution in [3.8, 4) is 0 Å². The van der Waals surface area contributed by atoms with E-state index in [0.717, 1.165) is 19.5 Å². The molecule has 1 aromatic carbocycles. The number of likely N-dealkylation sites (tertiary alicyclic amines) is 1. The fourth-order valence-electron chi connectivity index (χ4n) is 2.35. The SMILES string of the molecule is CC1(C)CC(O)CN1Cc1ccccc1. The van der Waals surface area contributed by atoms with Crippen LogP contribution in [0, 0.1) is 0 Å². The molecule has 2 heteroatoms. The van der Waals surface area contributed by atoms with E-state index in [0.29, 0.717) is 0 Å². The van der Waals surface area contributed by atoms with Crippen LogP contribution in [-0.4, -0.2) is 28.2 Å². The second-order valence-corrected chi connectivity index (χ2v) is 5.04. The minimum atomic E-state index is -0.163. The maximum Gasteiger partial charge on any atom is 0.0684 e. The van der Waals surface area contributed by atoms with Crippen molar-refractivity contribution in [2.24, 2.45) is 0 Å². The highest BCUT2D eigenvalue weighted by Gasteiger charge is 2.36. The molecule has 0 spiro atoms. The van der Waals surface area contributed by atoms with Gasteiger partial charge in [0.1, 0.15) is 0 Å². The first kappa shape index (κ1) is 10.7. The molecular formula is C13H19NO. The normalized spacial score (nSPS) is 25.7. The van der Waals surface area contributed by atoms with E-state index in [1.807, 2.05) is 6.07 Å². The van der Waals surface area contributed by atoms with Crippen molar-refractivity contribution in [2.45, 2.75) is 38.5 Å². The van der Waals surface area contributed by atoms with Crippen LogP contribution in [0.4, 0.5) is 0 Å². The van der Waals surface area contributed by atoms with Gasteiger partial charge in [0, 0.05) is 18.6 Å². The molecule has 1 aliphatic rings. The number of benzene rings is 1. The van der Waals surface area contributed by atoms with Crippen molar-refractivity contribution in [3.63, 3.8) is 0 Å². The van der Waals surface area contributed by atoms with Gasteiger partial charge in [-0.05, 0) is 25.8 Å². The third kappa shape index (κ3) is 2.39. The summed E-state index contributed by atoms with van der Waals surface area (Å²) in [6.07, 6.45) is 0.712. The second-order valence-electron chi connectivity index (χ2n) is 5.04. The Bertz CT molecular complexity index is 321. The number of rotatable bonds is 2. The Morgan fingerprint density at radius 2 is 2.00 bits per heavy atom. The lowest BCUT2D eigenvalue weighted by atomic mass is 10.0. The number of hydrogen-bond acceptors (Lipinski definition) is 2. The number of nitrogens with zero attached hydrogens (tertiary/aromatic N) is 1. The summed E-state index contributed by atoms with van der Waals surface area (Å²) < 4.78 is 0. The van der Waals surface area contributed by atoms with Crippen LogP contribution in [0.25, 0.3) is 0 Å². The number of aliphatic hydroxyl groups is 1. The van der Waals surface area contributed by atoms with Crippen LogP contribution in [0.1, 0.15) is 25.8 Å². The molecule has 82 valence electrons. The number of aliphatic hydroxyl groups excluding tert-OH is 1. The third-order valence-electron chi connectivity index (χ3n) is 3.24. The maximum absolute atomic E-state index is 9.67. The van der Waals surface area contributed by atoms with Crippen LogP contribution in [0.15, 0.2) is 30.3 Å². The average Bonchev–Trinajstić information content (AvgIpc) is 2.41. The van der Waals surface area contributed by atoms with Gasteiger partial charge < -0.3 is 5.11 Å². The van der Waals surface area contributed by atoms with Crippen molar-refractivity contribution in [1.82, 2.24) is 4.90 Å². The van der Waals surface area contributed by atoms with Gasteiger partial charge >= 0.3 is 0 Å². The molecule has 0 aliphatic carbocycles. The first-order chi connectivity index (χ1) is 7.08. The van der Waals surface area contributed by atoms with Crippen LogP contribution in [-0.2, 0) is 6.54 Å². The third-order valence-corrected chi connectivity index (χ3v) is 3.24. The predicted molar refractivity (Wildman–Crippen MR) is 61.6 cm³/mol. The Labute approximate surface area is 91.5 Å². The van der Waals surface area contributed by atoms with E-state index in [1.165, 1.54) is 5.56 Å². The summed E-state index contributed by atoms with van der Waals surface area (Å²) in [5.74, 6) is 0. The summed E-state index contributed by atoms with van der Waals surface area (Å²) in [4.78, 5) is 2.35. The zero-order valence-corrected chi connectivity index (χ0v) is 9.48. The Morgan fingerprint density at radius 3 is 2.53 bits per heavy atom. The Kier molecular flexibility index (Phi) is 2.81. The van der Waals surface area contributed by atoms with Crippen molar-refractivity contribution in [2.75, 3.05) is 6.54 Å². The zero-order valence-electron chi connectivity index (χ0n) is 9.48.